The summed E-state index contributed by atoms with van der Waals surface area (Å²) in [7, 11) is 0. The van der Waals surface area contributed by atoms with Gasteiger partial charge < -0.3 is 0 Å². The van der Waals surface area contributed by atoms with Gasteiger partial charge in [-0.05, 0) is 36.5 Å². The lowest BCUT2D eigenvalue weighted by molar-refractivity contribution is 0.789. The van der Waals surface area contributed by atoms with E-state index in [1.807, 2.05) is 12.1 Å². The smallest absolute Gasteiger partial charge is 0.00912 e. The SMILES string of the molecule is C=CCc1[c]cccc1CCCC. The van der Waals surface area contributed by atoms with Crippen LogP contribution in [0.25, 0.3) is 0 Å². The molecule has 1 aromatic carbocycles. The van der Waals surface area contributed by atoms with E-state index >= 15 is 0 Å². The predicted octanol–water partition coefficient (Wildman–Crippen LogP) is 3.56. The van der Waals surface area contributed by atoms with Gasteiger partial charge in [-0.25, -0.2) is 0 Å². The quantitative estimate of drug-likeness (QED) is 0.597. The Morgan fingerprint density at radius 3 is 3.08 bits per heavy atom. The van der Waals surface area contributed by atoms with Crippen LogP contribution in [0.1, 0.15) is 30.9 Å². The van der Waals surface area contributed by atoms with Crippen molar-refractivity contribution >= 4 is 0 Å². The van der Waals surface area contributed by atoms with E-state index in [0.29, 0.717) is 0 Å². The number of allylic oxidation sites excluding steroid dienone is 1. The molecule has 0 heterocycles. The molecule has 1 aromatic rings. The molecule has 0 atom stereocenters. The zero-order valence-electron chi connectivity index (χ0n) is 8.34. The summed E-state index contributed by atoms with van der Waals surface area (Å²) >= 11 is 0. The van der Waals surface area contributed by atoms with Crippen LogP contribution in [0.15, 0.2) is 30.9 Å². The van der Waals surface area contributed by atoms with Crippen LogP contribution < -0.4 is 0 Å². The Balaban J connectivity index is 2.71. The lowest BCUT2D eigenvalue weighted by atomic mass is 10.00. The van der Waals surface area contributed by atoms with E-state index in [2.05, 4.69) is 31.7 Å². The number of rotatable bonds is 5. The summed E-state index contributed by atoms with van der Waals surface area (Å²) in [6.07, 6.45) is 6.59. The van der Waals surface area contributed by atoms with E-state index in [4.69, 9.17) is 0 Å². The first-order chi connectivity index (χ1) is 6.38. The number of hydrogen-bond acceptors (Lipinski definition) is 0. The zero-order chi connectivity index (χ0) is 9.52. The van der Waals surface area contributed by atoms with Gasteiger partial charge in [0.1, 0.15) is 0 Å². The van der Waals surface area contributed by atoms with Crippen LogP contribution >= 0.6 is 0 Å². The fourth-order valence-electron chi connectivity index (χ4n) is 1.44. The summed E-state index contributed by atoms with van der Waals surface area (Å²) in [5.41, 5.74) is 2.75. The molecule has 0 aliphatic carbocycles. The Kier molecular flexibility index (Phi) is 4.31. The van der Waals surface area contributed by atoms with Gasteiger partial charge in [0, 0.05) is 0 Å². The highest BCUT2D eigenvalue weighted by atomic mass is 14.0. The maximum Gasteiger partial charge on any atom is -0.00912 e. The number of benzene rings is 1. The Morgan fingerprint density at radius 2 is 2.38 bits per heavy atom. The van der Waals surface area contributed by atoms with Crippen molar-refractivity contribution in [1.29, 1.82) is 0 Å². The average Bonchev–Trinajstić information content (AvgIpc) is 2.17. The average molecular weight is 173 g/mol. The van der Waals surface area contributed by atoms with Crippen molar-refractivity contribution in [2.24, 2.45) is 0 Å². The molecule has 0 spiro atoms. The Hall–Kier alpha value is -1.04. The molecular formula is C13H17. The first-order valence-corrected chi connectivity index (χ1v) is 4.97. The molecule has 0 fully saturated rings. The molecule has 0 N–H and O–H groups in total. The minimum atomic E-state index is 0.944. The predicted molar refractivity (Wildman–Crippen MR) is 57.8 cm³/mol. The largest absolute Gasteiger partial charge is 0.103 e. The maximum atomic E-state index is 3.76. The van der Waals surface area contributed by atoms with Crippen molar-refractivity contribution in [2.75, 3.05) is 0 Å². The highest BCUT2D eigenvalue weighted by Gasteiger charge is 1.98. The summed E-state index contributed by atoms with van der Waals surface area (Å²) in [6, 6.07) is 9.52. The minimum absolute atomic E-state index is 0.944. The molecule has 0 amide bonds. The zero-order valence-corrected chi connectivity index (χ0v) is 8.34. The lowest BCUT2D eigenvalue weighted by Gasteiger charge is -2.05. The fraction of sp³-hybridized carbons (Fsp3) is 0.385. The van der Waals surface area contributed by atoms with Crippen LogP contribution in [-0.2, 0) is 12.8 Å². The second-order valence-corrected chi connectivity index (χ2v) is 3.27. The number of hydrogen-bond donors (Lipinski definition) is 0. The van der Waals surface area contributed by atoms with Gasteiger partial charge in [-0.15, -0.1) is 6.58 Å². The first-order valence-electron chi connectivity index (χ1n) is 4.97. The summed E-state index contributed by atoms with van der Waals surface area (Å²) in [4.78, 5) is 0. The van der Waals surface area contributed by atoms with Crippen LogP contribution in [-0.4, -0.2) is 0 Å². The molecule has 0 saturated heterocycles. The Morgan fingerprint density at radius 1 is 1.54 bits per heavy atom. The van der Waals surface area contributed by atoms with Crippen LogP contribution in [0.4, 0.5) is 0 Å². The normalized spacial score (nSPS) is 9.92. The molecule has 1 radical (unpaired) electrons. The van der Waals surface area contributed by atoms with Gasteiger partial charge in [0.05, 0.1) is 0 Å². The highest BCUT2D eigenvalue weighted by Crippen LogP contribution is 2.12. The third-order valence-corrected chi connectivity index (χ3v) is 2.19. The van der Waals surface area contributed by atoms with Crippen LogP contribution in [0, 0.1) is 6.07 Å². The number of aryl methyl sites for hydroxylation is 1. The van der Waals surface area contributed by atoms with Gasteiger partial charge >= 0.3 is 0 Å². The maximum absolute atomic E-state index is 3.76. The second-order valence-electron chi connectivity index (χ2n) is 3.27. The van der Waals surface area contributed by atoms with Crippen molar-refractivity contribution < 1.29 is 0 Å². The van der Waals surface area contributed by atoms with Gasteiger partial charge in [0.25, 0.3) is 0 Å². The highest BCUT2D eigenvalue weighted by molar-refractivity contribution is 5.27. The van der Waals surface area contributed by atoms with Crippen LogP contribution in [0.5, 0.6) is 0 Å². The molecule has 0 bridgehead atoms. The molecule has 0 heteroatoms. The van der Waals surface area contributed by atoms with E-state index < -0.39 is 0 Å². The third-order valence-electron chi connectivity index (χ3n) is 2.19. The van der Waals surface area contributed by atoms with E-state index in [-0.39, 0.29) is 0 Å². The van der Waals surface area contributed by atoms with Crippen molar-refractivity contribution in [2.45, 2.75) is 32.6 Å². The second kappa shape index (κ2) is 5.58. The van der Waals surface area contributed by atoms with Gasteiger partial charge in [-0.1, -0.05) is 37.6 Å². The fourth-order valence-corrected chi connectivity index (χ4v) is 1.44. The van der Waals surface area contributed by atoms with Gasteiger partial charge in [0.15, 0.2) is 0 Å². The molecule has 69 valence electrons. The molecule has 0 aromatic heterocycles. The minimum Gasteiger partial charge on any atom is -0.103 e. The third kappa shape index (κ3) is 3.06. The molecule has 0 aliphatic rings. The molecule has 0 aliphatic heterocycles. The monoisotopic (exact) mass is 173 g/mol. The molecular weight excluding hydrogens is 156 g/mol. The summed E-state index contributed by atoms with van der Waals surface area (Å²) in [6.45, 7) is 5.98. The van der Waals surface area contributed by atoms with E-state index in [0.717, 1.165) is 6.42 Å². The van der Waals surface area contributed by atoms with E-state index in [1.54, 1.807) is 0 Å². The molecule has 1 rings (SSSR count). The standard InChI is InChI=1S/C13H17/c1-3-5-9-13-11-7-6-10-12(13)8-4-2/h4,6-7,11H,2-3,5,8-9H2,1H3. The number of unbranched alkanes of at least 4 members (excludes halogenated alkanes) is 1. The molecule has 0 saturated carbocycles. The lowest BCUT2D eigenvalue weighted by Crippen LogP contribution is -1.92. The summed E-state index contributed by atoms with van der Waals surface area (Å²) in [5, 5.41) is 0. The van der Waals surface area contributed by atoms with Gasteiger partial charge in [-0.2, -0.15) is 0 Å². The summed E-state index contributed by atoms with van der Waals surface area (Å²) in [5.74, 6) is 0. The van der Waals surface area contributed by atoms with Gasteiger partial charge in [0.2, 0.25) is 0 Å². The van der Waals surface area contributed by atoms with Crippen molar-refractivity contribution in [1.82, 2.24) is 0 Å². The van der Waals surface area contributed by atoms with Crippen molar-refractivity contribution in [3.63, 3.8) is 0 Å². The molecule has 0 nitrogen and oxygen atoms in total. The van der Waals surface area contributed by atoms with Crippen molar-refractivity contribution in [3.05, 3.63) is 48.0 Å². The van der Waals surface area contributed by atoms with Crippen LogP contribution in [0.3, 0.4) is 0 Å². The summed E-state index contributed by atoms with van der Waals surface area (Å²) < 4.78 is 0. The topological polar surface area (TPSA) is 0 Å². The molecule has 13 heavy (non-hydrogen) atoms. The Bertz CT molecular complexity index is 260. The Labute approximate surface area is 81.3 Å². The first kappa shape index (κ1) is 10.0. The van der Waals surface area contributed by atoms with E-state index in [1.165, 1.54) is 30.4 Å². The molecule has 0 unspecified atom stereocenters. The van der Waals surface area contributed by atoms with Crippen molar-refractivity contribution in [3.8, 4) is 0 Å². The van der Waals surface area contributed by atoms with Gasteiger partial charge in [-0.3, -0.25) is 0 Å². The van der Waals surface area contributed by atoms with Crippen LogP contribution in [0.2, 0.25) is 0 Å². The van der Waals surface area contributed by atoms with E-state index in [9.17, 15) is 0 Å².